The highest BCUT2D eigenvalue weighted by molar-refractivity contribution is 5.97. The number of imidazole rings is 1. The number of ketones is 1. The number of benzene rings is 3. The summed E-state index contributed by atoms with van der Waals surface area (Å²) in [5, 5.41) is 0. The topological polar surface area (TPSA) is 47.4 Å². The van der Waals surface area contributed by atoms with Crippen molar-refractivity contribution in [1.82, 2.24) is 14.5 Å². The number of para-hydroxylation sites is 3. The SMILES string of the molecule is O=C(CN1CCC(Cn2c(COc3ccccc3)nc3ccccc32)CC1)c1ccc(F)c(F)c1. The van der Waals surface area contributed by atoms with E-state index in [1.54, 1.807) is 0 Å². The van der Waals surface area contributed by atoms with Crippen molar-refractivity contribution in [2.75, 3.05) is 19.6 Å². The van der Waals surface area contributed by atoms with Crippen LogP contribution in [0.1, 0.15) is 29.0 Å². The van der Waals surface area contributed by atoms with Crippen molar-refractivity contribution in [2.45, 2.75) is 26.0 Å². The van der Waals surface area contributed by atoms with Gasteiger partial charge in [-0.2, -0.15) is 0 Å². The molecule has 1 saturated heterocycles. The summed E-state index contributed by atoms with van der Waals surface area (Å²) in [7, 11) is 0. The number of aromatic nitrogens is 2. The number of carbonyl (C=O) groups excluding carboxylic acids is 1. The Hall–Kier alpha value is -3.58. The maximum Gasteiger partial charge on any atom is 0.176 e. The summed E-state index contributed by atoms with van der Waals surface area (Å²) in [6.45, 7) is 2.99. The number of hydrogen-bond donors (Lipinski definition) is 0. The Bertz CT molecular complexity index is 1310. The van der Waals surface area contributed by atoms with Crippen LogP contribution in [0.5, 0.6) is 5.75 Å². The number of Topliss-reactive ketones (excluding diaryl/α,β-unsaturated/α-hetero) is 1. The predicted molar refractivity (Wildman–Crippen MR) is 130 cm³/mol. The summed E-state index contributed by atoms with van der Waals surface area (Å²) < 4.78 is 34.9. The van der Waals surface area contributed by atoms with Crippen LogP contribution < -0.4 is 4.74 Å². The highest BCUT2D eigenvalue weighted by Gasteiger charge is 2.24. The molecule has 0 unspecified atom stereocenters. The van der Waals surface area contributed by atoms with Crippen LogP contribution in [0.2, 0.25) is 0 Å². The van der Waals surface area contributed by atoms with Crippen molar-refractivity contribution in [2.24, 2.45) is 5.92 Å². The molecule has 1 aliphatic heterocycles. The van der Waals surface area contributed by atoms with Gasteiger partial charge in [-0.15, -0.1) is 0 Å². The fourth-order valence-electron chi connectivity index (χ4n) is 4.65. The summed E-state index contributed by atoms with van der Waals surface area (Å²) in [6, 6.07) is 21.2. The minimum Gasteiger partial charge on any atom is -0.486 e. The molecule has 180 valence electrons. The molecule has 5 nitrogen and oxygen atoms in total. The molecule has 35 heavy (non-hydrogen) atoms. The number of hydrogen-bond acceptors (Lipinski definition) is 4. The number of ether oxygens (including phenoxy) is 1. The van der Waals surface area contributed by atoms with Crippen LogP contribution in [-0.2, 0) is 13.2 Å². The molecular weight excluding hydrogens is 448 g/mol. The summed E-state index contributed by atoms with van der Waals surface area (Å²) in [6.07, 6.45) is 1.88. The van der Waals surface area contributed by atoms with Crippen LogP contribution in [0.4, 0.5) is 8.78 Å². The molecular formula is C28H27F2N3O2. The molecule has 0 spiro atoms. The zero-order valence-corrected chi connectivity index (χ0v) is 19.4. The van der Waals surface area contributed by atoms with E-state index in [0.29, 0.717) is 12.5 Å². The molecule has 0 bridgehead atoms. The first-order chi connectivity index (χ1) is 17.1. The summed E-state index contributed by atoms with van der Waals surface area (Å²) in [5.41, 5.74) is 2.25. The quantitative estimate of drug-likeness (QED) is 0.316. The highest BCUT2D eigenvalue weighted by atomic mass is 19.2. The molecule has 0 amide bonds. The lowest BCUT2D eigenvalue weighted by Crippen LogP contribution is -2.38. The molecule has 1 fully saturated rings. The van der Waals surface area contributed by atoms with Crippen LogP contribution in [-0.4, -0.2) is 39.9 Å². The lowest BCUT2D eigenvalue weighted by atomic mass is 9.96. The van der Waals surface area contributed by atoms with Crippen molar-refractivity contribution in [3.63, 3.8) is 0 Å². The Morgan fingerprint density at radius 1 is 0.943 bits per heavy atom. The zero-order valence-electron chi connectivity index (χ0n) is 19.4. The van der Waals surface area contributed by atoms with Crippen LogP contribution in [0.15, 0.2) is 72.8 Å². The monoisotopic (exact) mass is 475 g/mol. The summed E-state index contributed by atoms with van der Waals surface area (Å²) in [5.74, 6) is 0.0224. The minimum absolute atomic E-state index is 0.191. The first-order valence-electron chi connectivity index (χ1n) is 11.9. The standard InChI is InChI=1S/C28H27F2N3O2/c29-23-11-10-21(16-24(23)30)27(34)18-32-14-12-20(13-15-32)17-33-26-9-5-4-8-25(26)31-28(33)19-35-22-6-2-1-3-7-22/h1-11,16,20H,12-15,17-19H2. The number of carbonyl (C=O) groups is 1. The largest absolute Gasteiger partial charge is 0.486 e. The summed E-state index contributed by atoms with van der Waals surface area (Å²) in [4.78, 5) is 19.4. The van der Waals surface area contributed by atoms with Gasteiger partial charge in [0.25, 0.3) is 0 Å². The molecule has 0 saturated carbocycles. The van der Waals surface area contributed by atoms with Crippen LogP contribution >= 0.6 is 0 Å². The smallest absolute Gasteiger partial charge is 0.176 e. The van der Waals surface area contributed by atoms with Crippen molar-refractivity contribution >= 4 is 16.8 Å². The molecule has 4 aromatic rings. The van der Waals surface area contributed by atoms with Crippen molar-refractivity contribution < 1.29 is 18.3 Å². The average Bonchev–Trinajstić information content (AvgIpc) is 3.23. The van der Waals surface area contributed by atoms with Crippen LogP contribution in [0.3, 0.4) is 0 Å². The van der Waals surface area contributed by atoms with Gasteiger partial charge < -0.3 is 9.30 Å². The van der Waals surface area contributed by atoms with E-state index >= 15 is 0 Å². The van der Waals surface area contributed by atoms with E-state index in [1.807, 2.05) is 48.5 Å². The predicted octanol–water partition coefficient (Wildman–Crippen LogP) is 5.49. The number of likely N-dealkylation sites (tertiary alicyclic amines) is 1. The van der Waals surface area contributed by atoms with Gasteiger partial charge in [-0.1, -0.05) is 30.3 Å². The van der Waals surface area contributed by atoms with Gasteiger partial charge in [0, 0.05) is 12.1 Å². The number of halogens is 2. The molecule has 1 aliphatic rings. The number of fused-ring (bicyclic) bond motifs is 1. The molecule has 2 heterocycles. The zero-order chi connectivity index (χ0) is 24.2. The normalized spacial score (nSPS) is 14.9. The number of rotatable bonds is 8. The lowest BCUT2D eigenvalue weighted by molar-refractivity contribution is 0.0889. The maximum absolute atomic E-state index is 13.5. The number of piperidine rings is 1. The van der Waals surface area contributed by atoms with Crippen LogP contribution in [0.25, 0.3) is 11.0 Å². The fourth-order valence-corrected chi connectivity index (χ4v) is 4.65. The van der Waals surface area contributed by atoms with Gasteiger partial charge in [0.2, 0.25) is 0 Å². The van der Waals surface area contributed by atoms with Gasteiger partial charge in [0.1, 0.15) is 18.2 Å². The Morgan fingerprint density at radius 2 is 1.69 bits per heavy atom. The second-order valence-corrected chi connectivity index (χ2v) is 9.00. The third-order valence-electron chi connectivity index (χ3n) is 6.60. The highest BCUT2D eigenvalue weighted by Crippen LogP contribution is 2.25. The molecule has 0 N–H and O–H groups in total. The molecule has 1 aromatic heterocycles. The first kappa shape index (κ1) is 23.2. The third-order valence-corrected chi connectivity index (χ3v) is 6.60. The summed E-state index contributed by atoms with van der Waals surface area (Å²) >= 11 is 0. The second-order valence-electron chi connectivity index (χ2n) is 9.00. The van der Waals surface area contributed by atoms with Gasteiger partial charge in [-0.25, -0.2) is 13.8 Å². The van der Waals surface area contributed by atoms with Crippen molar-refractivity contribution in [3.8, 4) is 5.75 Å². The lowest BCUT2D eigenvalue weighted by Gasteiger charge is -2.32. The first-order valence-corrected chi connectivity index (χ1v) is 11.9. The fraction of sp³-hybridized carbons (Fsp3) is 0.286. The molecule has 0 atom stereocenters. The van der Waals surface area contributed by atoms with Crippen molar-refractivity contribution in [3.05, 3.63) is 95.8 Å². The van der Waals surface area contributed by atoms with E-state index < -0.39 is 11.6 Å². The van der Waals surface area contributed by atoms with E-state index in [0.717, 1.165) is 67.2 Å². The average molecular weight is 476 g/mol. The van der Waals surface area contributed by atoms with Gasteiger partial charge >= 0.3 is 0 Å². The second kappa shape index (κ2) is 10.4. The van der Waals surface area contributed by atoms with E-state index in [9.17, 15) is 13.6 Å². The molecule has 0 aliphatic carbocycles. The van der Waals surface area contributed by atoms with Crippen LogP contribution in [0, 0.1) is 17.6 Å². The Morgan fingerprint density at radius 3 is 2.46 bits per heavy atom. The van der Waals surface area contributed by atoms with E-state index in [-0.39, 0.29) is 17.9 Å². The Labute approximate surface area is 203 Å². The minimum atomic E-state index is -0.992. The molecule has 7 heteroatoms. The third kappa shape index (κ3) is 5.41. The van der Waals surface area contributed by atoms with Gasteiger partial charge in [0.15, 0.2) is 17.4 Å². The van der Waals surface area contributed by atoms with Crippen molar-refractivity contribution in [1.29, 1.82) is 0 Å². The van der Waals surface area contributed by atoms with E-state index in [1.165, 1.54) is 6.07 Å². The molecule has 3 aromatic carbocycles. The molecule has 0 radical (unpaired) electrons. The Balaban J connectivity index is 1.22. The van der Waals surface area contributed by atoms with Gasteiger partial charge in [-0.05, 0) is 74.3 Å². The van der Waals surface area contributed by atoms with E-state index in [4.69, 9.17) is 9.72 Å². The maximum atomic E-state index is 13.5. The van der Waals surface area contributed by atoms with E-state index in [2.05, 4.69) is 15.5 Å². The van der Waals surface area contributed by atoms with Gasteiger partial charge in [-0.3, -0.25) is 9.69 Å². The molecule has 5 rings (SSSR count). The number of nitrogens with zero attached hydrogens (tertiary/aromatic N) is 3. The van der Waals surface area contributed by atoms with Gasteiger partial charge in [0.05, 0.1) is 17.6 Å². The Kier molecular flexibility index (Phi) is 6.86.